The van der Waals surface area contributed by atoms with Crippen molar-refractivity contribution in [3.8, 4) is 11.1 Å². The molecule has 3 aromatic carbocycles. The Morgan fingerprint density at radius 1 is 0.971 bits per heavy atom. The van der Waals surface area contributed by atoms with Crippen LogP contribution in [0.2, 0.25) is 0 Å². The first-order valence-electron chi connectivity index (χ1n) is 12.0. The molecule has 0 fully saturated rings. The summed E-state index contributed by atoms with van der Waals surface area (Å²) < 4.78 is 3.16. The summed E-state index contributed by atoms with van der Waals surface area (Å²) in [5, 5.41) is 0.768. The summed E-state index contributed by atoms with van der Waals surface area (Å²) in [4.78, 5) is 24.3. The lowest BCUT2D eigenvalue weighted by Crippen LogP contribution is -2.33. The van der Waals surface area contributed by atoms with Crippen molar-refractivity contribution in [2.24, 2.45) is 0 Å². The van der Waals surface area contributed by atoms with Gasteiger partial charge in [0.1, 0.15) is 0 Å². The third-order valence-corrected chi connectivity index (χ3v) is 7.20. The van der Waals surface area contributed by atoms with Crippen LogP contribution < -0.4 is 4.90 Å². The fraction of sp³-hybridized carbons (Fsp3) is 0.207. The van der Waals surface area contributed by atoms with Gasteiger partial charge in [-0.1, -0.05) is 78.9 Å². The van der Waals surface area contributed by atoms with Crippen molar-refractivity contribution < 1.29 is 4.79 Å². The van der Waals surface area contributed by atoms with E-state index in [1.54, 1.807) is 17.5 Å². The topological polar surface area (TPSA) is 51.0 Å². The zero-order valence-corrected chi connectivity index (χ0v) is 20.6. The Morgan fingerprint density at radius 2 is 1.74 bits per heavy atom. The Bertz CT molecular complexity index is 1390. The highest BCUT2D eigenvalue weighted by Gasteiger charge is 2.20. The number of imidazole rings is 1. The van der Waals surface area contributed by atoms with Crippen LogP contribution in [0.25, 0.3) is 21.3 Å². The Kier molecular flexibility index (Phi) is 7.00. The average Bonchev–Trinajstić information content (AvgIpc) is 3.57. The first-order valence-corrected chi connectivity index (χ1v) is 12.8. The van der Waals surface area contributed by atoms with Crippen LogP contribution in [-0.4, -0.2) is 27.0 Å². The van der Waals surface area contributed by atoms with Gasteiger partial charge in [-0.2, -0.15) is 0 Å². The van der Waals surface area contributed by atoms with Crippen LogP contribution in [0.5, 0.6) is 0 Å². The van der Waals surface area contributed by atoms with Gasteiger partial charge in [-0.05, 0) is 47.2 Å². The lowest BCUT2D eigenvalue weighted by atomic mass is 10.0. The number of nitrogens with zero attached hydrogens (tertiary/aromatic N) is 4. The first kappa shape index (κ1) is 23.0. The van der Waals surface area contributed by atoms with E-state index in [0.717, 1.165) is 45.9 Å². The van der Waals surface area contributed by atoms with Crippen molar-refractivity contribution in [3.05, 3.63) is 103 Å². The van der Waals surface area contributed by atoms with E-state index in [1.165, 1.54) is 11.1 Å². The molecule has 0 spiro atoms. The molecule has 5 aromatic rings. The maximum atomic E-state index is 13.5. The van der Waals surface area contributed by atoms with Gasteiger partial charge >= 0.3 is 0 Å². The number of carbonyl (C=O) groups is 1. The molecule has 0 unspecified atom stereocenters. The monoisotopic (exact) mass is 480 g/mol. The Balaban J connectivity index is 1.35. The molecule has 0 atom stereocenters. The standard InChI is InChI=1S/C29H28N4OS/c1-2-22-11-14-26-27(19-22)35-29(31-26)33(17-6-16-32-18-15-30-21-32)28(34)20-23-9-12-25(13-10-23)24-7-4-3-5-8-24/h3-5,7-15,18-19,21H,2,6,16-17,20H2,1H3. The zero-order chi connectivity index (χ0) is 24.0. The number of hydrogen-bond donors (Lipinski definition) is 0. The molecule has 2 heterocycles. The van der Waals surface area contributed by atoms with Crippen LogP contribution in [0.15, 0.2) is 91.5 Å². The number of fused-ring (bicyclic) bond motifs is 1. The molecule has 1 amide bonds. The van der Waals surface area contributed by atoms with Crippen LogP contribution in [0.1, 0.15) is 24.5 Å². The molecular weight excluding hydrogens is 452 g/mol. The molecule has 0 aliphatic carbocycles. The predicted octanol–water partition coefficient (Wildman–Crippen LogP) is 6.39. The minimum absolute atomic E-state index is 0.0675. The number of aryl methyl sites for hydroxylation is 2. The molecule has 0 N–H and O–H groups in total. The highest BCUT2D eigenvalue weighted by atomic mass is 32.1. The van der Waals surface area contributed by atoms with E-state index < -0.39 is 0 Å². The Morgan fingerprint density at radius 3 is 2.49 bits per heavy atom. The number of benzene rings is 3. The second kappa shape index (κ2) is 10.7. The minimum atomic E-state index is 0.0675. The Labute approximate surface area is 209 Å². The summed E-state index contributed by atoms with van der Waals surface area (Å²) in [6, 6.07) is 24.9. The number of thiazole rings is 1. The molecule has 0 saturated carbocycles. The van der Waals surface area contributed by atoms with E-state index in [9.17, 15) is 4.79 Å². The van der Waals surface area contributed by atoms with Crippen molar-refractivity contribution in [3.63, 3.8) is 0 Å². The van der Waals surface area contributed by atoms with E-state index in [4.69, 9.17) is 4.98 Å². The van der Waals surface area contributed by atoms with E-state index in [-0.39, 0.29) is 5.91 Å². The summed E-state index contributed by atoms with van der Waals surface area (Å²) in [5.41, 5.74) is 5.55. The molecule has 176 valence electrons. The second-order valence-electron chi connectivity index (χ2n) is 8.59. The number of rotatable bonds is 9. The zero-order valence-electron chi connectivity index (χ0n) is 19.8. The highest BCUT2D eigenvalue weighted by molar-refractivity contribution is 7.22. The fourth-order valence-electron chi connectivity index (χ4n) is 4.17. The first-order chi connectivity index (χ1) is 17.2. The largest absolute Gasteiger partial charge is 0.337 e. The summed E-state index contributed by atoms with van der Waals surface area (Å²) in [6.07, 6.45) is 7.69. The van der Waals surface area contributed by atoms with Crippen LogP contribution >= 0.6 is 11.3 Å². The predicted molar refractivity (Wildman–Crippen MR) is 144 cm³/mol. The van der Waals surface area contributed by atoms with E-state index in [0.29, 0.717) is 13.0 Å². The van der Waals surface area contributed by atoms with Crippen molar-refractivity contribution in [2.45, 2.75) is 32.7 Å². The highest BCUT2D eigenvalue weighted by Crippen LogP contribution is 2.30. The van der Waals surface area contributed by atoms with E-state index in [1.807, 2.05) is 40.2 Å². The van der Waals surface area contributed by atoms with Crippen LogP contribution in [0.3, 0.4) is 0 Å². The summed E-state index contributed by atoms with van der Waals surface area (Å²) >= 11 is 1.60. The van der Waals surface area contributed by atoms with E-state index >= 15 is 0 Å². The van der Waals surface area contributed by atoms with Crippen LogP contribution in [0, 0.1) is 0 Å². The molecule has 0 radical (unpaired) electrons. The van der Waals surface area contributed by atoms with E-state index in [2.05, 4.69) is 66.5 Å². The molecular formula is C29H28N4OS. The average molecular weight is 481 g/mol. The van der Waals surface area contributed by atoms with Crippen molar-refractivity contribution in [1.29, 1.82) is 0 Å². The van der Waals surface area contributed by atoms with Gasteiger partial charge in [-0.3, -0.25) is 9.69 Å². The normalized spacial score (nSPS) is 11.1. The molecule has 5 rings (SSSR count). The molecule has 0 saturated heterocycles. The molecule has 2 aromatic heterocycles. The third kappa shape index (κ3) is 5.49. The lowest BCUT2D eigenvalue weighted by molar-refractivity contribution is -0.118. The SMILES string of the molecule is CCc1ccc2nc(N(CCCn3ccnc3)C(=O)Cc3ccc(-c4ccccc4)cc3)sc2c1. The van der Waals surface area contributed by atoms with Crippen LogP contribution in [0.4, 0.5) is 5.13 Å². The minimum Gasteiger partial charge on any atom is -0.337 e. The fourth-order valence-corrected chi connectivity index (χ4v) is 5.24. The lowest BCUT2D eigenvalue weighted by Gasteiger charge is -2.20. The molecule has 0 bridgehead atoms. The third-order valence-electron chi connectivity index (χ3n) is 6.16. The van der Waals surface area contributed by atoms with Gasteiger partial charge in [-0.15, -0.1) is 0 Å². The van der Waals surface area contributed by atoms with Gasteiger partial charge in [0.25, 0.3) is 0 Å². The van der Waals surface area contributed by atoms with Crippen LogP contribution in [-0.2, 0) is 24.2 Å². The van der Waals surface area contributed by atoms with Gasteiger partial charge < -0.3 is 4.57 Å². The number of aromatic nitrogens is 3. The number of amides is 1. The van der Waals surface area contributed by atoms with Gasteiger partial charge in [0.2, 0.25) is 5.91 Å². The number of carbonyl (C=O) groups excluding carboxylic acids is 1. The van der Waals surface area contributed by atoms with Gasteiger partial charge in [-0.25, -0.2) is 9.97 Å². The quantitative estimate of drug-likeness (QED) is 0.246. The van der Waals surface area contributed by atoms with Crippen molar-refractivity contribution >= 4 is 32.6 Å². The Hall–Kier alpha value is -3.77. The maximum Gasteiger partial charge on any atom is 0.233 e. The van der Waals surface area contributed by atoms with Crippen molar-refractivity contribution in [2.75, 3.05) is 11.4 Å². The van der Waals surface area contributed by atoms with Gasteiger partial charge in [0.15, 0.2) is 5.13 Å². The molecule has 0 aliphatic rings. The maximum absolute atomic E-state index is 13.5. The molecule has 0 aliphatic heterocycles. The molecule has 6 heteroatoms. The molecule has 35 heavy (non-hydrogen) atoms. The van der Waals surface area contributed by atoms with Crippen molar-refractivity contribution in [1.82, 2.24) is 14.5 Å². The van der Waals surface area contributed by atoms with Gasteiger partial charge in [0.05, 0.1) is 23.0 Å². The number of hydrogen-bond acceptors (Lipinski definition) is 4. The van der Waals surface area contributed by atoms with Gasteiger partial charge in [0, 0.05) is 25.5 Å². The second-order valence-corrected chi connectivity index (χ2v) is 9.60. The number of anilines is 1. The summed E-state index contributed by atoms with van der Waals surface area (Å²) in [5.74, 6) is 0.0675. The summed E-state index contributed by atoms with van der Waals surface area (Å²) in [7, 11) is 0. The summed E-state index contributed by atoms with van der Waals surface area (Å²) in [6.45, 7) is 3.57. The smallest absolute Gasteiger partial charge is 0.233 e. The molecule has 5 nitrogen and oxygen atoms in total.